The summed E-state index contributed by atoms with van der Waals surface area (Å²) in [6.45, 7) is 1.63. The van der Waals surface area contributed by atoms with Gasteiger partial charge in [-0.25, -0.2) is 22.4 Å². The van der Waals surface area contributed by atoms with Crippen molar-refractivity contribution in [3.05, 3.63) is 75.2 Å². The first-order valence-electron chi connectivity index (χ1n) is 9.03. The average Bonchev–Trinajstić information content (AvgIpc) is 2.69. The minimum absolute atomic E-state index is 0.0339. The van der Waals surface area contributed by atoms with Gasteiger partial charge >= 0.3 is 12.0 Å². The Morgan fingerprint density at radius 1 is 1.19 bits per heavy atom. The Balaban J connectivity index is 2.11. The van der Waals surface area contributed by atoms with Crippen LogP contribution in [-0.2, 0) is 19.4 Å². The summed E-state index contributed by atoms with van der Waals surface area (Å²) >= 11 is 11.7. The van der Waals surface area contributed by atoms with Gasteiger partial charge in [-0.05, 0) is 42.8 Å². The number of halogens is 3. The normalized spacial score (nSPS) is 16.5. The highest BCUT2D eigenvalue weighted by Gasteiger charge is 2.36. The van der Waals surface area contributed by atoms with Crippen LogP contribution in [-0.4, -0.2) is 32.8 Å². The molecule has 11 heteroatoms. The number of urea groups is 1. The zero-order valence-electron chi connectivity index (χ0n) is 16.1. The number of ether oxygens (including phenoxy) is 1. The number of nitrogens with one attached hydrogen (secondary N) is 2. The lowest BCUT2D eigenvalue weighted by Gasteiger charge is -2.29. The summed E-state index contributed by atoms with van der Waals surface area (Å²) in [5, 5.41) is 4.97. The van der Waals surface area contributed by atoms with Crippen molar-refractivity contribution in [1.82, 2.24) is 10.6 Å². The number of carbonyl (C=O) groups excluding carboxylic acids is 2. The Morgan fingerprint density at radius 3 is 2.58 bits per heavy atom. The zero-order valence-corrected chi connectivity index (χ0v) is 18.4. The average molecular weight is 487 g/mol. The first-order chi connectivity index (χ1) is 14.6. The molecule has 2 aromatic carbocycles. The van der Waals surface area contributed by atoms with Crippen LogP contribution in [0.25, 0.3) is 0 Å². The second kappa shape index (κ2) is 9.25. The van der Waals surface area contributed by atoms with Gasteiger partial charge in [-0.1, -0.05) is 35.3 Å². The molecular weight excluding hydrogens is 470 g/mol. The van der Waals surface area contributed by atoms with E-state index in [1.54, 1.807) is 31.2 Å². The molecule has 0 aromatic heterocycles. The zero-order chi connectivity index (χ0) is 22.8. The smallest absolute Gasteiger partial charge is 0.338 e. The Kier molecular flexibility index (Phi) is 6.88. The van der Waals surface area contributed by atoms with Gasteiger partial charge in [-0.15, -0.1) is 0 Å². The van der Waals surface area contributed by atoms with Gasteiger partial charge in [-0.3, -0.25) is 0 Å². The molecule has 0 fully saturated rings. The van der Waals surface area contributed by atoms with Gasteiger partial charge in [0.15, 0.2) is 9.84 Å². The van der Waals surface area contributed by atoms with E-state index in [4.69, 9.17) is 27.9 Å². The lowest BCUT2D eigenvalue weighted by molar-refractivity contribution is -0.139. The van der Waals surface area contributed by atoms with Crippen LogP contribution in [0.4, 0.5) is 9.18 Å². The Morgan fingerprint density at radius 2 is 1.94 bits per heavy atom. The van der Waals surface area contributed by atoms with Gasteiger partial charge in [0.05, 0.1) is 33.9 Å². The van der Waals surface area contributed by atoms with E-state index in [-0.39, 0.29) is 27.8 Å². The molecule has 0 saturated heterocycles. The summed E-state index contributed by atoms with van der Waals surface area (Å²) < 4.78 is 44.4. The molecule has 1 heterocycles. The molecule has 2 aromatic rings. The third-order valence-corrected chi connectivity index (χ3v) is 6.58. The molecule has 0 unspecified atom stereocenters. The summed E-state index contributed by atoms with van der Waals surface area (Å²) in [7, 11) is -4.10. The van der Waals surface area contributed by atoms with Crippen molar-refractivity contribution >= 4 is 45.0 Å². The fourth-order valence-electron chi connectivity index (χ4n) is 3.06. The van der Waals surface area contributed by atoms with E-state index in [2.05, 4.69) is 10.6 Å². The van der Waals surface area contributed by atoms with Crippen LogP contribution in [0.15, 0.2) is 58.6 Å². The first-order valence-corrected chi connectivity index (χ1v) is 11.4. The second-order valence-corrected chi connectivity index (χ2v) is 9.37. The number of rotatable bonds is 6. The minimum atomic E-state index is -4.10. The van der Waals surface area contributed by atoms with Crippen molar-refractivity contribution in [3.8, 4) is 0 Å². The fourth-order valence-corrected chi connectivity index (χ4v) is 4.85. The van der Waals surface area contributed by atoms with Gasteiger partial charge in [0, 0.05) is 10.7 Å². The van der Waals surface area contributed by atoms with Crippen LogP contribution in [0.3, 0.4) is 0 Å². The maximum atomic E-state index is 13.4. The van der Waals surface area contributed by atoms with E-state index in [9.17, 15) is 22.4 Å². The van der Waals surface area contributed by atoms with Crippen LogP contribution in [0.5, 0.6) is 0 Å². The lowest BCUT2D eigenvalue weighted by Crippen LogP contribution is -2.47. The Hall–Kier alpha value is -2.62. The molecule has 7 nitrogen and oxygen atoms in total. The van der Waals surface area contributed by atoms with E-state index < -0.39 is 39.4 Å². The quantitative estimate of drug-likeness (QED) is 0.477. The molecule has 164 valence electrons. The number of hydrogen-bond acceptors (Lipinski definition) is 5. The molecule has 0 radical (unpaired) electrons. The molecule has 0 aliphatic carbocycles. The number of esters is 1. The van der Waals surface area contributed by atoms with E-state index in [0.29, 0.717) is 10.6 Å². The molecule has 1 atom stereocenters. The molecule has 0 bridgehead atoms. The molecule has 3 rings (SSSR count). The molecular formula is C20H17Cl2FN2O5S. The van der Waals surface area contributed by atoms with Crippen LogP contribution in [0.2, 0.25) is 10.0 Å². The number of benzene rings is 2. The third-order valence-electron chi connectivity index (χ3n) is 4.42. The van der Waals surface area contributed by atoms with Crippen molar-refractivity contribution < 1.29 is 27.1 Å². The predicted octanol–water partition coefficient (Wildman–Crippen LogP) is 3.78. The van der Waals surface area contributed by atoms with Crippen LogP contribution >= 0.6 is 23.2 Å². The van der Waals surface area contributed by atoms with Crippen LogP contribution < -0.4 is 10.6 Å². The van der Waals surface area contributed by atoms with Gasteiger partial charge in [0.2, 0.25) is 0 Å². The van der Waals surface area contributed by atoms with E-state index >= 15 is 0 Å². The van der Waals surface area contributed by atoms with Crippen LogP contribution in [0, 0.1) is 5.82 Å². The fraction of sp³-hybridized carbons (Fsp3) is 0.200. The number of hydrogen-bond donors (Lipinski definition) is 2. The highest BCUT2D eigenvalue weighted by molar-refractivity contribution is 7.91. The Labute approximate surface area is 188 Å². The first kappa shape index (κ1) is 23.1. The topological polar surface area (TPSA) is 102 Å². The van der Waals surface area contributed by atoms with Crippen molar-refractivity contribution in [2.24, 2.45) is 0 Å². The SMILES string of the molecule is CCOC(=O)C1=C(CS(=O)(=O)c2ccc(F)c(Cl)c2)NC(=O)N[C@H]1c1cccc(Cl)c1. The molecule has 0 spiro atoms. The molecule has 2 N–H and O–H groups in total. The second-order valence-electron chi connectivity index (χ2n) is 6.53. The maximum absolute atomic E-state index is 13.4. The molecule has 31 heavy (non-hydrogen) atoms. The van der Waals surface area contributed by atoms with Crippen molar-refractivity contribution in [3.63, 3.8) is 0 Å². The van der Waals surface area contributed by atoms with E-state index in [1.165, 1.54) is 0 Å². The van der Waals surface area contributed by atoms with Gasteiger partial charge < -0.3 is 15.4 Å². The summed E-state index contributed by atoms with van der Waals surface area (Å²) in [5.74, 6) is -2.32. The van der Waals surface area contributed by atoms with Crippen molar-refractivity contribution in [2.75, 3.05) is 12.4 Å². The molecule has 2 amide bonds. The van der Waals surface area contributed by atoms with Gasteiger partial charge in [0.1, 0.15) is 5.82 Å². The monoisotopic (exact) mass is 486 g/mol. The van der Waals surface area contributed by atoms with Crippen LogP contribution in [0.1, 0.15) is 18.5 Å². The predicted molar refractivity (Wildman–Crippen MR) is 113 cm³/mol. The maximum Gasteiger partial charge on any atom is 0.338 e. The molecule has 0 saturated carbocycles. The number of carbonyl (C=O) groups is 2. The lowest BCUT2D eigenvalue weighted by atomic mass is 9.95. The summed E-state index contributed by atoms with van der Waals surface area (Å²) in [6.07, 6.45) is 0. The summed E-state index contributed by atoms with van der Waals surface area (Å²) in [5.41, 5.74) is 0.221. The minimum Gasteiger partial charge on any atom is -0.463 e. The van der Waals surface area contributed by atoms with Gasteiger partial charge in [-0.2, -0.15) is 0 Å². The summed E-state index contributed by atoms with van der Waals surface area (Å²) in [6, 6.07) is 7.67. The molecule has 1 aliphatic rings. The highest BCUT2D eigenvalue weighted by atomic mass is 35.5. The largest absolute Gasteiger partial charge is 0.463 e. The Bertz CT molecular complexity index is 1180. The van der Waals surface area contributed by atoms with Crippen molar-refractivity contribution in [1.29, 1.82) is 0 Å². The van der Waals surface area contributed by atoms with Gasteiger partial charge in [0.25, 0.3) is 0 Å². The molecule has 1 aliphatic heterocycles. The standard InChI is InChI=1S/C20H17Cl2FN2O5S/c1-2-30-19(26)17-16(10-31(28,29)13-6-7-15(23)14(22)9-13)24-20(27)25-18(17)11-4-3-5-12(21)8-11/h3-9,18H,2,10H2,1H3,(H2,24,25,27)/t18-/m0/s1. The number of sulfone groups is 1. The summed E-state index contributed by atoms with van der Waals surface area (Å²) in [4.78, 5) is 24.8. The third kappa shape index (κ3) is 5.17. The highest BCUT2D eigenvalue weighted by Crippen LogP contribution is 2.31. The number of amides is 2. The van der Waals surface area contributed by atoms with E-state index in [0.717, 1.165) is 18.2 Å². The van der Waals surface area contributed by atoms with E-state index in [1.807, 2.05) is 0 Å². The van der Waals surface area contributed by atoms with Crippen molar-refractivity contribution in [2.45, 2.75) is 17.9 Å².